The summed E-state index contributed by atoms with van der Waals surface area (Å²) in [7, 11) is 1.30. The number of nitrogens with zero attached hydrogens (tertiary/aromatic N) is 3. The monoisotopic (exact) mass is 524 g/mol. The van der Waals surface area contributed by atoms with Gasteiger partial charge in [-0.3, -0.25) is 14.5 Å². The number of benzene rings is 2. The molecule has 1 fully saturated rings. The Morgan fingerprint density at radius 3 is 2.50 bits per heavy atom. The van der Waals surface area contributed by atoms with Gasteiger partial charge in [0.05, 0.1) is 36.4 Å². The topological polar surface area (TPSA) is 76.5 Å². The van der Waals surface area contributed by atoms with Crippen LogP contribution in [0.15, 0.2) is 48.5 Å². The van der Waals surface area contributed by atoms with Gasteiger partial charge in [0.2, 0.25) is 5.91 Å². The van der Waals surface area contributed by atoms with Crippen LogP contribution in [0.25, 0.3) is 5.69 Å². The molecule has 0 aliphatic carbocycles. The highest BCUT2D eigenvalue weighted by molar-refractivity contribution is 6.30. The molecule has 1 atom stereocenters. The molecule has 0 saturated carbocycles. The molecular formula is C24H21ClF4N4O3. The lowest BCUT2D eigenvalue weighted by molar-refractivity contribution is -0.141. The minimum Gasteiger partial charge on any atom is -0.377 e. The summed E-state index contributed by atoms with van der Waals surface area (Å²) >= 11 is 5.99. The first-order valence-corrected chi connectivity index (χ1v) is 11.2. The van der Waals surface area contributed by atoms with Gasteiger partial charge < -0.3 is 10.1 Å². The largest absolute Gasteiger partial charge is 0.435 e. The molecule has 12 heteroatoms. The van der Waals surface area contributed by atoms with Crippen molar-refractivity contribution in [2.45, 2.75) is 25.1 Å². The molecule has 2 aromatic carbocycles. The summed E-state index contributed by atoms with van der Waals surface area (Å²) < 4.78 is 60.9. The van der Waals surface area contributed by atoms with Gasteiger partial charge in [-0.15, -0.1) is 0 Å². The summed E-state index contributed by atoms with van der Waals surface area (Å²) in [5.74, 6) is -3.14. The fourth-order valence-corrected chi connectivity index (χ4v) is 3.84. The number of rotatable bonds is 6. The molecule has 3 aromatic rings. The number of hydrogen-bond donors (Lipinski definition) is 1. The van der Waals surface area contributed by atoms with Crippen LogP contribution in [0.1, 0.15) is 34.5 Å². The standard InChI is InChI=1S/C24H21ClF4N4O3/c1-13(14-6-7-18(19(26)8-14)22(34)30-16-11-36-12-16)23(35)32(2)21-10-20(24(27,28)29)31-33(21)17-5-3-4-15(25)9-17/h3-10,13,16H,11-12H2,1-2H3,(H,30,34). The van der Waals surface area contributed by atoms with E-state index in [0.717, 1.165) is 21.7 Å². The second kappa shape index (κ2) is 9.90. The molecule has 2 amide bonds. The first-order chi connectivity index (χ1) is 17.0. The van der Waals surface area contributed by atoms with E-state index in [1.54, 1.807) is 12.1 Å². The van der Waals surface area contributed by atoms with E-state index >= 15 is 0 Å². The molecule has 190 valence electrons. The van der Waals surface area contributed by atoms with Crippen LogP contribution >= 0.6 is 11.6 Å². The van der Waals surface area contributed by atoms with E-state index in [9.17, 15) is 27.2 Å². The Bertz CT molecular complexity index is 1310. The molecule has 1 saturated heterocycles. The van der Waals surface area contributed by atoms with Crippen LogP contribution in [0.5, 0.6) is 0 Å². The van der Waals surface area contributed by atoms with E-state index in [-0.39, 0.29) is 33.7 Å². The number of alkyl halides is 3. The number of ether oxygens (including phenoxy) is 1. The van der Waals surface area contributed by atoms with Gasteiger partial charge in [0, 0.05) is 18.1 Å². The number of carbonyl (C=O) groups excluding carboxylic acids is 2. The van der Waals surface area contributed by atoms with Gasteiger partial charge in [-0.2, -0.15) is 18.3 Å². The number of nitrogens with one attached hydrogen (secondary N) is 1. The molecule has 1 aromatic heterocycles. The van der Waals surface area contributed by atoms with Gasteiger partial charge in [0.15, 0.2) is 5.69 Å². The molecule has 1 N–H and O–H groups in total. The Morgan fingerprint density at radius 1 is 1.19 bits per heavy atom. The highest BCUT2D eigenvalue weighted by Crippen LogP contribution is 2.34. The van der Waals surface area contributed by atoms with Crippen LogP contribution in [0, 0.1) is 5.82 Å². The van der Waals surface area contributed by atoms with E-state index < -0.39 is 35.4 Å². The maximum Gasteiger partial charge on any atom is 0.435 e. The molecule has 4 rings (SSSR count). The fraction of sp³-hybridized carbons (Fsp3) is 0.292. The van der Waals surface area contributed by atoms with Crippen molar-refractivity contribution in [2.24, 2.45) is 0 Å². The average Bonchev–Trinajstić information content (AvgIpc) is 3.26. The molecule has 1 aliphatic heterocycles. The van der Waals surface area contributed by atoms with E-state index in [1.165, 1.54) is 38.2 Å². The second-order valence-corrected chi connectivity index (χ2v) is 8.78. The summed E-state index contributed by atoms with van der Waals surface area (Å²) in [6, 6.07) is 10.3. The Labute approximate surface area is 208 Å². The number of amides is 2. The number of carbonyl (C=O) groups is 2. The minimum absolute atomic E-state index is 0.152. The van der Waals surface area contributed by atoms with E-state index in [1.807, 2.05) is 0 Å². The van der Waals surface area contributed by atoms with Gasteiger partial charge in [-0.1, -0.05) is 23.7 Å². The Hall–Kier alpha value is -3.44. The van der Waals surface area contributed by atoms with Gasteiger partial charge in [-0.05, 0) is 42.8 Å². The molecule has 2 heterocycles. The summed E-state index contributed by atoms with van der Waals surface area (Å²) in [5, 5.41) is 6.54. The molecular weight excluding hydrogens is 504 g/mol. The maximum atomic E-state index is 14.7. The first-order valence-electron chi connectivity index (χ1n) is 10.8. The van der Waals surface area contributed by atoms with Crippen LogP contribution in [-0.4, -0.2) is 47.9 Å². The maximum absolute atomic E-state index is 14.7. The Morgan fingerprint density at radius 2 is 1.92 bits per heavy atom. The number of aromatic nitrogens is 2. The first kappa shape index (κ1) is 25.6. The molecule has 1 unspecified atom stereocenters. The van der Waals surface area contributed by atoms with E-state index in [4.69, 9.17) is 16.3 Å². The Balaban J connectivity index is 1.61. The number of hydrogen-bond acceptors (Lipinski definition) is 4. The third-order valence-corrected chi connectivity index (χ3v) is 6.02. The van der Waals surface area contributed by atoms with Crippen molar-refractivity contribution in [3.63, 3.8) is 0 Å². The van der Waals surface area contributed by atoms with E-state index in [0.29, 0.717) is 13.2 Å². The number of likely N-dealkylation sites (N-methyl/N-ethyl adjacent to an activating group) is 1. The molecule has 1 aliphatic rings. The van der Waals surface area contributed by atoms with Crippen LogP contribution in [0.3, 0.4) is 0 Å². The zero-order chi connectivity index (χ0) is 26.2. The van der Waals surface area contributed by atoms with Crippen molar-refractivity contribution in [3.8, 4) is 5.69 Å². The predicted molar refractivity (Wildman–Crippen MR) is 124 cm³/mol. The summed E-state index contributed by atoms with van der Waals surface area (Å²) in [6.45, 7) is 2.19. The third-order valence-electron chi connectivity index (χ3n) is 5.79. The van der Waals surface area contributed by atoms with Crippen molar-refractivity contribution in [1.82, 2.24) is 15.1 Å². The molecule has 0 spiro atoms. The van der Waals surface area contributed by atoms with Gasteiger partial charge >= 0.3 is 6.18 Å². The average molecular weight is 525 g/mol. The second-order valence-electron chi connectivity index (χ2n) is 8.34. The van der Waals surface area contributed by atoms with Crippen molar-refractivity contribution in [2.75, 3.05) is 25.2 Å². The van der Waals surface area contributed by atoms with Gasteiger partial charge in [0.25, 0.3) is 5.91 Å². The minimum atomic E-state index is -4.75. The lowest BCUT2D eigenvalue weighted by Gasteiger charge is -2.27. The van der Waals surface area contributed by atoms with E-state index in [2.05, 4.69) is 10.4 Å². The summed E-state index contributed by atoms with van der Waals surface area (Å²) in [4.78, 5) is 26.5. The SMILES string of the molecule is CC(C(=O)N(C)c1cc(C(F)(F)F)nn1-c1cccc(Cl)c1)c1ccc(C(=O)NC2COC2)c(F)c1. The van der Waals surface area contributed by atoms with Gasteiger partial charge in [0.1, 0.15) is 11.6 Å². The molecule has 7 nitrogen and oxygen atoms in total. The third kappa shape index (κ3) is 5.21. The zero-order valence-electron chi connectivity index (χ0n) is 19.1. The number of anilines is 1. The Kier molecular flexibility index (Phi) is 7.05. The lowest BCUT2D eigenvalue weighted by Crippen LogP contribution is -2.48. The van der Waals surface area contributed by atoms with Crippen LogP contribution in [0.2, 0.25) is 5.02 Å². The molecule has 0 bridgehead atoms. The van der Waals surface area contributed by atoms with Crippen LogP contribution in [-0.2, 0) is 15.7 Å². The van der Waals surface area contributed by atoms with Crippen LogP contribution in [0.4, 0.5) is 23.4 Å². The quantitative estimate of drug-likeness (QED) is 0.479. The summed E-state index contributed by atoms with van der Waals surface area (Å²) in [6.07, 6.45) is -4.75. The number of halogens is 5. The fourth-order valence-electron chi connectivity index (χ4n) is 3.66. The molecule has 0 radical (unpaired) electrons. The normalized spacial score (nSPS) is 14.8. The van der Waals surface area contributed by atoms with Crippen molar-refractivity contribution in [3.05, 3.63) is 76.2 Å². The van der Waals surface area contributed by atoms with Gasteiger partial charge in [-0.25, -0.2) is 9.07 Å². The van der Waals surface area contributed by atoms with Crippen molar-refractivity contribution < 1.29 is 31.9 Å². The molecule has 36 heavy (non-hydrogen) atoms. The van der Waals surface area contributed by atoms with Crippen LogP contribution < -0.4 is 10.2 Å². The zero-order valence-corrected chi connectivity index (χ0v) is 19.9. The highest BCUT2D eigenvalue weighted by atomic mass is 35.5. The summed E-state index contributed by atoms with van der Waals surface area (Å²) in [5.41, 5.74) is -0.910. The van der Waals surface area contributed by atoms with Crippen molar-refractivity contribution >= 4 is 29.2 Å². The highest BCUT2D eigenvalue weighted by Gasteiger charge is 2.37. The smallest absolute Gasteiger partial charge is 0.377 e. The predicted octanol–water partition coefficient (Wildman–Crippen LogP) is 4.58. The lowest BCUT2D eigenvalue weighted by atomic mass is 9.97. The van der Waals surface area contributed by atoms with Crippen molar-refractivity contribution in [1.29, 1.82) is 0 Å².